The lowest BCUT2D eigenvalue weighted by atomic mass is 10.2. The number of rotatable bonds is 5. The quantitative estimate of drug-likeness (QED) is 0.689. The number of thiazole rings is 1. The summed E-state index contributed by atoms with van der Waals surface area (Å²) in [7, 11) is 1.93. The van der Waals surface area contributed by atoms with Crippen molar-refractivity contribution in [2.24, 2.45) is 12.1 Å². The van der Waals surface area contributed by atoms with Crippen molar-refractivity contribution in [3.05, 3.63) is 58.9 Å². The Bertz CT molecular complexity index is 1000. The number of ether oxygens (including phenoxy) is 2. The van der Waals surface area contributed by atoms with Crippen LogP contribution in [0.25, 0.3) is 10.2 Å². The van der Waals surface area contributed by atoms with E-state index in [1.54, 1.807) is 24.3 Å². The first-order chi connectivity index (χ1) is 13.2. The summed E-state index contributed by atoms with van der Waals surface area (Å²) in [4.78, 5) is 13.1. The molecular weight excluding hydrogens is 362 g/mol. The molecule has 0 radical (unpaired) electrons. The SMILES string of the molecule is Cn1/c(=N/NC(=O)c2ccc(OCC3CCCO3)cc2)sc2ccccc21. The molecule has 2 aromatic carbocycles. The van der Waals surface area contributed by atoms with Crippen molar-refractivity contribution in [3.63, 3.8) is 0 Å². The highest BCUT2D eigenvalue weighted by atomic mass is 32.1. The zero-order valence-corrected chi connectivity index (χ0v) is 15.9. The predicted octanol–water partition coefficient (Wildman–Crippen LogP) is 3.04. The van der Waals surface area contributed by atoms with Gasteiger partial charge in [-0.05, 0) is 49.2 Å². The number of hydrogen-bond acceptors (Lipinski definition) is 5. The number of carbonyl (C=O) groups excluding carboxylic acids is 1. The highest BCUT2D eigenvalue weighted by Crippen LogP contribution is 2.17. The van der Waals surface area contributed by atoms with Crippen molar-refractivity contribution in [3.8, 4) is 5.75 Å². The number of hydrogen-bond donors (Lipinski definition) is 1. The fraction of sp³-hybridized carbons (Fsp3) is 0.300. The van der Waals surface area contributed by atoms with Gasteiger partial charge < -0.3 is 14.0 Å². The molecule has 7 heteroatoms. The van der Waals surface area contributed by atoms with E-state index in [-0.39, 0.29) is 12.0 Å². The number of nitrogens with one attached hydrogen (secondary N) is 1. The molecule has 1 saturated heterocycles. The van der Waals surface area contributed by atoms with E-state index in [1.807, 2.05) is 35.9 Å². The Morgan fingerprint density at radius 1 is 1.30 bits per heavy atom. The van der Waals surface area contributed by atoms with Gasteiger partial charge in [-0.1, -0.05) is 23.5 Å². The number of nitrogens with zero attached hydrogens (tertiary/aromatic N) is 2. The van der Waals surface area contributed by atoms with Gasteiger partial charge in [-0.3, -0.25) is 4.79 Å². The third-order valence-corrected chi connectivity index (χ3v) is 5.66. The molecule has 3 aromatic rings. The van der Waals surface area contributed by atoms with Crippen LogP contribution in [-0.2, 0) is 11.8 Å². The monoisotopic (exact) mass is 383 g/mol. The average Bonchev–Trinajstić information content (AvgIpc) is 3.33. The molecule has 6 nitrogen and oxygen atoms in total. The summed E-state index contributed by atoms with van der Waals surface area (Å²) in [6, 6.07) is 15.1. The van der Waals surface area contributed by atoms with Crippen molar-refractivity contribution in [1.29, 1.82) is 0 Å². The number of aromatic nitrogens is 1. The second-order valence-corrected chi connectivity index (χ2v) is 7.44. The lowest BCUT2D eigenvalue weighted by Gasteiger charge is -2.11. The molecule has 0 spiro atoms. The number of carbonyl (C=O) groups is 1. The minimum Gasteiger partial charge on any atom is -0.491 e. The van der Waals surface area contributed by atoms with Crippen LogP contribution in [0.1, 0.15) is 23.2 Å². The minimum atomic E-state index is -0.252. The van der Waals surface area contributed by atoms with E-state index in [4.69, 9.17) is 9.47 Å². The molecule has 1 aliphatic rings. The number of aryl methyl sites for hydroxylation is 1. The summed E-state index contributed by atoms with van der Waals surface area (Å²) in [5, 5.41) is 4.26. The maximum absolute atomic E-state index is 12.4. The van der Waals surface area contributed by atoms with Crippen LogP contribution < -0.4 is 15.0 Å². The molecule has 1 aromatic heterocycles. The molecule has 1 atom stereocenters. The first-order valence-electron chi connectivity index (χ1n) is 8.94. The van der Waals surface area contributed by atoms with Crippen LogP contribution >= 0.6 is 11.3 Å². The second kappa shape index (κ2) is 7.94. The Balaban J connectivity index is 1.40. The molecule has 0 bridgehead atoms. The molecule has 1 amide bonds. The molecule has 4 rings (SSSR count). The van der Waals surface area contributed by atoms with Crippen LogP contribution in [0.3, 0.4) is 0 Å². The molecule has 27 heavy (non-hydrogen) atoms. The fourth-order valence-electron chi connectivity index (χ4n) is 3.02. The van der Waals surface area contributed by atoms with Crippen LogP contribution in [0, 0.1) is 0 Å². The van der Waals surface area contributed by atoms with Crippen LogP contribution in [0.15, 0.2) is 53.6 Å². The van der Waals surface area contributed by atoms with Crippen molar-refractivity contribution in [1.82, 2.24) is 9.99 Å². The van der Waals surface area contributed by atoms with Gasteiger partial charge in [0.15, 0.2) is 0 Å². The van der Waals surface area contributed by atoms with E-state index < -0.39 is 0 Å². The van der Waals surface area contributed by atoms with Gasteiger partial charge >= 0.3 is 0 Å². The summed E-state index contributed by atoms with van der Waals surface area (Å²) in [5.74, 6) is 0.480. The molecule has 2 heterocycles. The fourth-order valence-corrected chi connectivity index (χ4v) is 4.00. The smallest absolute Gasteiger partial charge is 0.271 e. The predicted molar refractivity (Wildman–Crippen MR) is 105 cm³/mol. The highest BCUT2D eigenvalue weighted by Gasteiger charge is 2.16. The van der Waals surface area contributed by atoms with E-state index in [0.29, 0.717) is 12.2 Å². The van der Waals surface area contributed by atoms with Crippen LogP contribution in [-0.4, -0.2) is 29.8 Å². The Hall–Kier alpha value is -2.64. The summed E-state index contributed by atoms with van der Waals surface area (Å²) >= 11 is 1.53. The lowest BCUT2D eigenvalue weighted by molar-refractivity contribution is 0.0679. The standard InChI is InChI=1S/C20H21N3O3S/c1-23-17-6-2-3-7-18(17)27-20(23)22-21-19(24)14-8-10-15(11-9-14)26-13-16-5-4-12-25-16/h2-3,6-11,16H,4-5,12-13H2,1H3,(H,21,24)/b22-20-. The molecule has 140 valence electrons. The van der Waals surface area contributed by atoms with Crippen LogP contribution in [0.4, 0.5) is 0 Å². The van der Waals surface area contributed by atoms with Gasteiger partial charge in [-0.2, -0.15) is 0 Å². The Labute approximate surface area is 161 Å². The molecule has 0 saturated carbocycles. The van der Waals surface area contributed by atoms with E-state index in [1.165, 1.54) is 11.3 Å². The first kappa shape index (κ1) is 17.8. The van der Waals surface area contributed by atoms with Gasteiger partial charge in [0.25, 0.3) is 5.91 Å². The number of para-hydroxylation sites is 1. The lowest BCUT2D eigenvalue weighted by Crippen LogP contribution is -2.23. The van der Waals surface area contributed by atoms with Crippen molar-refractivity contribution < 1.29 is 14.3 Å². The van der Waals surface area contributed by atoms with Crippen molar-refractivity contribution in [2.45, 2.75) is 18.9 Å². The molecule has 1 unspecified atom stereocenters. The average molecular weight is 383 g/mol. The maximum Gasteiger partial charge on any atom is 0.271 e. The molecule has 1 fully saturated rings. The van der Waals surface area contributed by atoms with E-state index >= 15 is 0 Å². The molecule has 0 aliphatic carbocycles. The summed E-state index contributed by atoms with van der Waals surface area (Å²) in [6.45, 7) is 1.36. The van der Waals surface area contributed by atoms with Gasteiger partial charge in [0.1, 0.15) is 12.4 Å². The van der Waals surface area contributed by atoms with E-state index in [2.05, 4.69) is 10.5 Å². The van der Waals surface area contributed by atoms with Crippen molar-refractivity contribution >= 4 is 27.5 Å². The molecule has 1 aliphatic heterocycles. The normalized spacial score (nSPS) is 17.4. The largest absolute Gasteiger partial charge is 0.491 e. The zero-order chi connectivity index (χ0) is 18.6. The third kappa shape index (κ3) is 4.04. The van der Waals surface area contributed by atoms with Gasteiger partial charge in [0.05, 0.1) is 16.3 Å². The Morgan fingerprint density at radius 3 is 2.85 bits per heavy atom. The number of amides is 1. The minimum absolute atomic E-state index is 0.175. The second-order valence-electron chi connectivity index (χ2n) is 6.43. The van der Waals surface area contributed by atoms with E-state index in [9.17, 15) is 4.79 Å². The number of fused-ring (bicyclic) bond motifs is 1. The summed E-state index contributed by atoms with van der Waals surface area (Å²) in [5.41, 5.74) is 4.25. The molecule has 1 N–H and O–H groups in total. The van der Waals surface area contributed by atoms with Crippen LogP contribution in [0.2, 0.25) is 0 Å². The van der Waals surface area contributed by atoms with Gasteiger partial charge in [0, 0.05) is 19.2 Å². The topological polar surface area (TPSA) is 64.9 Å². The first-order valence-corrected chi connectivity index (χ1v) is 9.75. The van der Waals surface area contributed by atoms with Gasteiger partial charge in [0.2, 0.25) is 4.80 Å². The third-order valence-electron chi connectivity index (χ3n) is 4.54. The summed E-state index contributed by atoms with van der Waals surface area (Å²) < 4.78 is 14.3. The Kier molecular flexibility index (Phi) is 5.22. The van der Waals surface area contributed by atoms with Crippen LogP contribution in [0.5, 0.6) is 5.75 Å². The zero-order valence-electron chi connectivity index (χ0n) is 15.1. The highest BCUT2D eigenvalue weighted by molar-refractivity contribution is 7.16. The number of benzene rings is 2. The summed E-state index contributed by atoms with van der Waals surface area (Å²) in [6.07, 6.45) is 2.31. The Morgan fingerprint density at radius 2 is 2.11 bits per heavy atom. The van der Waals surface area contributed by atoms with Gasteiger partial charge in [-0.25, -0.2) is 5.43 Å². The molecular formula is C20H21N3O3S. The van der Waals surface area contributed by atoms with Gasteiger partial charge in [-0.15, -0.1) is 5.10 Å². The van der Waals surface area contributed by atoms with Crippen molar-refractivity contribution in [2.75, 3.05) is 13.2 Å². The van der Waals surface area contributed by atoms with E-state index in [0.717, 1.165) is 40.2 Å². The maximum atomic E-state index is 12.4.